The van der Waals surface area contributed by atoms with Gasteiger partial charge in [0.1, 0.15) is 6.04 Å². The minimum atomic E-state index is -0.402. The van der Waals surface area contributed by atoms with Crippen molar-refractivity contribution in [3.63, 3.8) is 0 Å². The van der Waals surface area contributed by atoms with Gasteiger partial charge in [-0.2, -0.15) is 0 Å². The number of likely N-dealkylation sites (N-methyl/N-ethyl adjacent to an activating group) is 1. The number of hydrogen-bond acceptors (Lipinski definition) is 2. The zero-order valence-corrected chi connectivity index (χ0v) is 14.2. The van der Waals surface area contributed by atoms with Gasteiger partial charge in [-0.15, -0.1) is 0 Å². The molecule has 0 unspecified atom stereocenters. The van der Waals surface area contributed by atoms with Crippen LogP contribution in [-0.4, -0.2) is 35.8 Å². The van der Waals surface area contributed by atoms with Gasteiger partial charge in [0.25, 0.3) is 0 Å². The summed E-state index contributed by atoms with van der Waals surface area (Å²) in [5.74, 6) is 2.46. The van der Waals surface area contributed by atoms with Gasteiger partial charge < -0.3 is 10.2 Å². The van der Waals surface area contributed by atoms with Crippen LogP contribution in [0, 0.1) is 23.2 Å². The number of carbonyl (C=O) groups is 2. The van der Waals surface area contributed by atoms with Crippen molar-refractivity contribution >= 4 is 11.8 Å². The monoisotopic (exact) mass is 306 g/mol. The molecule has 4 heteroatoms. The maximum atomic E-state index is 12.9. The van der Waals surface area contributed by atoms with Crippen molar-refractivity contribution in [1.29, 1.82) is 0 Å². The standard InChI is InChI=1S/C18H30N2O2/c1-4-20(5-2)16(21)12(3)19-17(22)18-9-13-6-14(10-18)8-15(7-13)11-18/h12-15H,4-11H2,1-3H3,(H,19,22)/t12-,13?,14?,15?,18?/m1/s1. The third kappa shape index (κ3) is 2.65. The zero-order chi connectivity index (χ0) is 15.9. The van der Waals surface area contributed by atoms with E-state index in [0.717, 1.165) is 37.0 Å². The Bertz CT molecular complexity index is 421. The van der Waals surface area contributed by atoms with Crippen LogP contribution in [0.25, 0.3) is 0 Å². The summed E-state index contributed by atoms with van der Waals surface area (Å²) >= 11 is 0. The summed E-state index contributed by atoms with van der Waals surface area (Å²) in [6, 6.07) is -0.402. The lowest BCUT2D eigenvalue weighted by Crippen LogP contribution is -2.57. The van der Waals surface area contributed by atoms with Crippen LogP contribution in [0.3, 0.4) is 0 Å². The molecular weight excluding hydrogens is 276 g/mol. The first-order valence-corrected chi connectivity index (χ1v) is 9.07. The highest BCUT2D eigenvalue weighted by Crippen LogP contribution is 2.60. The van der Waals surface area contributed by atoms with E-state index in [4.69, 9.17) is 0 Å². The maximum Gasteiger partial charge on any atom is 0.244 e. The van der Waals surface area contributed by atoms with Gasteiger partial charge in [-0.05, 0) is 77.0 Å². The predicted molar refractivity (Wildman–Crippen MR) is 86.1 cm³/mol. The van der Waals surface area contributed by atoms with Crippen LogP contribution in [0.1, 0.15) is 59.3 Å². The Balaban J connectivity index is 1.66. The average molecular weight is 306 g/mol. The molecule has 124 valence electrons. The highest BCUT2D eigenvalue weighted by molar-refractivity contribution is 5.90. The van der Waals surface area contributed by atoms with E-state index in [1.165, 1.54) is 19.3 Å². The minimum absolute atomic E-state index is 0.0445. The molecule has 4 aliphatic carbocycles. The molecule has 0 heterocycles. The van der Waals surface area contributed by atoms with Crippen molar-refractivity contribution in [3.8, 4) is 0 Å². The third-order valence-electron chi connectivity index (χ3n) is 6.31. The molecule has 4 bridgehead atoms. The maximum absolute atomic E-state index is 12.9. The molecule has 0 aliphatic heterocycles. The SMILES string of the molecule is CCN(CC)C(=O)[C@@H](C)NC(=O)C12CC3CC(CC(C3)C1)C2. The fraction of sp³-hybridized carbons (Fsp3) is 0.889. The van der Waals surface area contributed by atoms with Gasteiger partial charge in [0.2, 0.25) is 11.8 Å². The number of nitrogens with one attached hydrogen (secondary N) is 1. The average Bonchev–Trinajstić information content (AvgIpc) is 2.46. The van der Waals surface area contributed by atoms with Gasteiger partial charge in [-0.3, -0.25) is 9.59 Å². The summed E-state index contributed by atoms with van der Waals surface area (Å²) in [7, 11) is 0. The largest absolute Gasteiger partial charge is 0.344 e. The van der Waals surface area contributed by atoms with Crippen LogP contribution >= 0.6 is 0 Å². The zero-order valence-electron chi connectivity index (χ0n) is 14.2. The molecule has 4 aliphatic rings. The molecule has 2 amide bonds. The number of carbonyl (C=O) groups excluding carboxylic acids is 2. The fourth-order valence-electron chi connectivity index (χ4n) is 5.61. The molecule has 1 atom stereocenters. The number of rotatable bonds is 5. The van der Waals surface area contributed by atoms with Crippen LogP contribution in [0.5, 0.6) is 0 Å². The second-order valence-electron chi connectivity index (χ2n) is 7.90. The Hall–Kier alpha value is -1.06. The molecular formula is C18H30N2O2. The Kier molecular flexibility index (Phi) is 4.21. The predicted octanol–water partition coefficient (Wildman–Crippen LogP) is 2.58. The molecule has 0 aromatic rings. The second-order valence-corrected chi connectivity index (χ2v) is 7.90. The normalized spacial score (nSPS) is 37.0. The van der Waals surface area contributed by atoms with E-state index in [1.54, 1.807) is 4.90 Å². The highest BCUT2D eigenvalue weighted by Gasteiger charge is 2.54. The van der Waals surface area contributed by atoms with Crippen LogP contribution in [-0.2, 0) is 9.59 Å². The van der Waals surface area contributed by atoms with Crippen LogP contribution in [0.15, 0.2) is 0 Å². The first-order valence-electron chi connectivity index (χ1n) is 9.07. The Labute approximate surface area is 134 Å². The molecule has 0 radical (unpaired) electrons. The lowest BCUT2D eigenvalue weighted by Gasteiger charge is -2.55. The lowest BCUT2D eigenvalue weighted by molar-refractivity contribution is -0.149. The van der Waals surface area contributed by atoms with Crippen LogP contribution in [0.4, 0.5) is 0 Å². The summed E-state index contributed by atoms with van der Waals surface area (Å²) < 4.78 is 0. The minimum Gasteiger partial charge on any atom is -0.344 e. The Morgan fingerprint density at radius 3 is 1.91 bits per heavy atom. The van der Waals surface area contributed by atoms with Gasteiger partial charge >= 0.3 is 0 Å². The van der Waals surface area contributed by atoms with Gasteiger partial charge in [0.05, 0.1) is 0 Å². The Morgan fingerprint density at radius 2 is 1.50 bits per heavy atom. The molecule has 0 saturated heterocycles. The van der Waals surface area contributed by atoms with Gasteiger partial charge in [-0.25, -0.2) is 0 Å². The van der Waals surface area contributed by atoms with E-state index in [1.807, 2.05) is 20.8 Å². The third-order valence-corrected chi connectivity index (χ3v) is 6.31. The molecule has 0 aromatic carbocycles. The van der Waals surface area contributed by atoms with Crippen molar-refractivity contribution in [3.05, 3.63) is 0 Å². The van der Waals surface area contributed by atoms with E-state index in [2.05, 4.69) is 5.32 Å². The van der Waals surface area contributed by atoms with E-state index >= 15 is 0 Å². The summed E-state index contributed by atoms with van der Waals surface area (Å²) in [5.41, 5.74) is -0.160. The lowest BCUT2D eigenvalue weighted by atomic mass is 9.49. The van der Waals surface area contributed by atoms with Crippen molar-refractivity contribution in [2.75, 3.05) is 13.1 Å². The first kappa shape index (κ1) is 15.8. The summed E-state index contributed by atoms with van der Waals surface area (Å²) in [6.07, 6.45) is 7.16. The van der Waals surface area contributed by atoms with E-state index in [-0.39, 0.29) is 17.2 Å². The fourth-order valence-corrected chi connectivity index (χ4v) is 5.61. The number of amides is 2. The molecule has 22 heavy (non-hydrogen) atoms. The van der Waals surface area contributed by atoms with Crippen molar-refractivity contribution in [2.24, 2.45) is 23.2 Å². The molecule has 4 rings (SSSR count). The molecule has 0 aromatic heterocycles. The first-order chi connectivity index (χ1) is 10.5. The van der Waals surface area contributed by atoms with E-state index in [9.17, 15) is 9.59 Å². The summed E-state index contributed by atoms with van der Waals surface area (Å²) in [5, 5.41) is 3.06. The van der Waals surface area contributed by atoms with Crippen LogP contribution in [0.2, 0.25) is 0 Å². The second kappa shape index (κ2) is 5.86. The van der Waals surface area contributed by atoms with Crippen molar-refractivity contribution in [2.45, 2.75) is 65.3 Å². The number of nitrogens with zero attached hydrogens (tertiary/aromatic N) is 1. The highest BCUT2D eigenvalue weighted by atomic mass is 16.2. The van der Waals surface area contributed by atoms with Crippen LogP contribution < -0.4 is 5.32 Å². The van der Waals surface area contributed by atoms with Gasteiger partial charge in [-0.1, -0.05) is 0 Å². The molecule has 4 nitrogen and oxygen atoms in total. The Morgan fingerprint density at radius 1 is 1.05 bits per heavy atom. The molecule has 0 spiro atoms. The van der Waals surface area contributed by atoms with E-state index in [0.29, 0.717) is 13.1 Å². The summed E-state index contributed by atoms with van der Waals surface area (Å²) in [4.78, 5) is 27.1. The number of hydrogen-bond donors (Lipinski definition) is 1. The smallest absolute Gasteiger partial charge is 0.244 e. The van der Waals surface area contributed by atoms with Gasteiger partial charge in [0.15, 0.2) is 0 Å². The molecule has 4 fully saturated rings. The van der Waals surface area contributed by atoms with E-state index < -0.39 is 6.04 Å². The summed E-state index contributed by atoms with van der Waals surface area (Å²) in [6.45, 7) is 7.20. The molecule has 4 saturated carbocycles. The van der Waals surface area contributed by atoms with Gasteiger partial charge in [0, 0.05) is 18.5 Å². The topological polar surface area (TPSA) is 49.4 Å². The quantitative estimate of drug-likeness (QED) is 0.848. The van der Waals surface area contributed by atoms with Crippen molar-refractivity contribution in [1.82, 2.24) is 10.2 Å². The van der Waals surface area contributed by atoms with Crippen molar-refractivity contribution < 1.29 is 9.59 Å². The molecule has 1 N–H and O–H groups in total.